The molecule has 29 heavy (non-hydrogen) atoms. The van der Waals surface area contributed by atoms with E-state index in [1.165, 1.54) is 18.2 Å². The molecule has 2 aromatic rings. The summed E-state index contributed by atoms with van der Waals surface area (Å²) < 4.78 is 40.8. The van der Waals surface area contributed by atoms with Crippen LogP contribution in [0.3, 0.4) is 0 Å². The minimum Gasteiger partial charge on any atom is -0.473 e. The van der Waals surface area contributed by atoms with Gasteiger partial charge in [-0.1, -0.05) is 6.07 Å². The smallest absolute Gasteiger partial charge is 0.352 e. The molecule has 11 heteroatoms. The number of aromatic nitrogens is 2. The van der Waals surface area contributed by atoms with E-state index in [2.05, 4.69) is 9.88 Å². The van der Waals surface area contributed by atoms with Crippen LogP contribution in [0.25, 0.3) is 0 Å². The van der Waals surface area contributed by atoms with Crippen LogP contribution in [0.5, 0.6) is 5.88 Å². The van der Waals surface area contributed by atoms with Crippen molar-refractivity contribution < 1.29 is 17.9 Å². The first-order valence-electron chi connectivity index (χ1n) is 8.94. The second-order valence-corrected chi connectivity index (χ2v) is 7.84. The van der Waals surface area contributed by atoms with Gasteiger partial charge >= 0.3 is 5.69 Å². The van der Waals surface area contributed by atoms with Crippen LogP contribution in [0.4, 0.5) is 10.2 Å². The Balaban J connectivity index is 1.50. The van der Waals surface area contributed by atoms with Crippen molar-refractivity contribution in [2.75, 3.05) is 30.4 Å². The number of halogens is 1. The van der Waals surface area contributed by atoms with E-state index in [0.717, 1.165) is 0 Å². The van der Waals surface area contributed by atoms with Crippen LogP contribution >= 0.6 is 0 Å². The molecule has 3 heterocycles. The highest BCUT2D eigenvalue weighted by molar-refractivity contribution is 7.79. The molecule has 2 aliphatic heterocycles. The second kappa shape index (κ2) is 7.90. The molecule has 1 saturated heterocycles. The van der Waals surface area contributed by atoms with Crippen molar-refractivity contribution >= 4 is 16.9 Å². The van der Waals surface area contributed by atoms with Gasteiger partial charge in [0.2, 0.25) is 5.88 Å². The average molecular weight is 419 g/mol. The summed E-state index contributed by atoms with van der Waals surface area (Å²) in [7, 11) is 0. The Labute approximate surface area is 168 Å². The van der Waals surface area contributed by atoms with Gasteiger partial charge in [0, 0.05) is 25.7 Å². The normalized spacial score (nSPS) is 19.3. The number of ether oxygens (including phenoxy) is 1. The molecule has 2 atom stereocenters. The topological polar surface area (TPSA) is 112 Å². The summed E-state index contributed by atoms with van der Waals surface area (Å²) >= 11 is -1.89. The molecule has 4 rings (SSSR count). The average Bonchev–Trinajstić information content (AvgIpc) is 3.05. The quantitative estimate of drug-likeness (QED) is 0.698. The summed E-state index contributed by atoms with van der Waals surface area (Å²) in [6, 6.07) is 7.60. The zero-order chi connectivity index (χ0) is 20.5. The molecule has 0 aliphatic carbocycles. The zero-order valence-corrected chi connectivity index (χ0v) is 16.1. The number of anilines is 1. The summed E-state index contributed by atoms with van der Waals surface area (Å²) in [5.41, 5.74) is 0.0902. The molecule has 0 spiro atoms. The van der Waals surface area contributed by atoms with Crippen LogP contribution < -0.4 is 15.3 Å². The first-order chi connectivity index (χ1) is 13.9. The van der Waals surface area contributed by atoms with Gasteiger partial charge in [-0.2, -0.15) is 10.2 Å². The molecule has 1 fully saturated rings. The number of rotatable bonds is 5. The lowest BCUT2D eigenvalue weighted by Gasteiger charge is -2.37. The summed E-state index contributed by atoms with van der Waals surface area (Å²) in [4.78, 5) is 20.4. The zero-order valence-electron chi connectivity index (χ0n) is 15.3. The van der Waals surface area contributed by atoms with Crippen LogP contribution in [0.1, 0.15) is 11.1 Å². The number of hydrogen-bond donors (Lipinski definition) is 1. The maximum Gasteiger partial charge on any atom is 0.352 e. The van der Waals surface area contributed by atoms with Crippen molar-refractivity contribution in [2.45, 2.75) is 19.2 Å². The number of fused-ring (bicyclic) bond motifs is 3. The first-order valence-corrected chi connectivity index (χ1v) is 10.2. The number of hydrogen-bond acceptors (Lipinski definition) is 7. The summed E-state index contributed by atoms with van der Waals surface area (Å²) in [6.07, 6.45) is 0. The molecule has 2 aliphatic rings. The van der Waals surface area contributed by atoms with Crippen molar-refractivity contribution in [1.82, 2.24) is 14.5 Å². The van der Waals surface area contributed by atoms with Gasteiger partial charge in [0.25, 0.3) is 0 Å². The molecule has 1 aromatic heterocycles. The van der Waals surface area contributed by atoms with Crippen LogP contribution in [-0.2, 0) is 24.2 Å². The number of benzene rings is 1. The lowest BCUT2D eigenvalue weighted by atomic mass is 10.1. The van der Waals surface area contributed by atoms with E-state index in [1.54, 1.807) is 16.7 Å². The van der Waals surface area contributed by atoms with Gasteiger partial charge in [0.1, 0.15) is 30.2 Å². The van der Waals surface area contributed by atoms with Crippen molar-refractivity contribution in [3.05, 3.63) is 51.7 Å². The van der Waals surface area contributed by atoms with Crippen molar-refractivity contribution in [3.63, 3.8) is 0 Å². The minimum atomic E-state index is -1.89. The van der Waals surface area contributed by atoms with Crippen molar-refractivity contribution in [1.29, 1.82) is 5.26 Å². The highest BCUT2D eigenvalue weighted by Gasteiger charge is 2.35. The lowest BCUT2D eigenvalue weighted by Crippen LogP contribution is -2.52. The van der Waals surface area contributed by atoms with E-state index in [-0.39, 0.29) is 30.0 Å². The Morgan fingerprint density at radius 3 is 2.93 bits per heavy atom. The second-order valence-electron chi connectivity index (χ2n) is 6.94. The summed E-state index contributed by atoms with van der Waals surface area (Å²) in [6.45, 7) is 2.32. The SMILES string of the molecule is N#Cc1cc(COc2cc3n(c(=O)n2)CC2CN(CS(=O)O)CCN32)ccc1F. The standard InChI is InChI=1S/C18H18FN5O4S/c19-15-2-1-12(5-13(15)7-20)10-28-16-6-17-23-4-3-22(11-29(26)27)8-14(23)9-24(17)18(25)21-16/h1-2,5-6,14H,3-4,8-11H2,(H,26,27). The van der Waals surface area contributed by atoms with E-state index in [4.69, 9.17) is 14.6 Å². The Morgan fingerprint density at radius 1 is 1.34 bits per heavy atom. The molecule has 0 saturated carbocycles. The molecular formula is C18H18FN5O4S. The molecule has 0 bridgehead atoms. The first kappa shape index (κ1) is 19.5. The van der Waals surface area contributed by atoms with Crippen LogP contribution in [0.2, 0.25) is 0 Å². The number of piperazine rings is 1. The fourth-order valence-corrected chi connectivity index (χ4v) is 4.27. The Bertz CT molecular complexity index is 1070. The van der Waals surface area contributed by atoms with E-state index < -0.39 is 22.6 Å². The van der Waals surface area contributed by atoms with Gasteiger partial charge in [-0.25, -0.2) is 13.4 Å². The monoisotopic (exact) mass is 419 g/mol. The molecular weight excluding hydrogens is 401 g/mol. The Morgan fingerprint density at radius 2 is 2.17 bits per heavy atom. The van der Waals surface area contributed by atoms with E-state index in [9.17, 15) is 13.4 Å². The minimum absolute atomic E-state index is 0.0207. The lowest BCUT2D eigenvalue weighted by molar-refractivity contribution is 0.252. The van der Waals surface area contributed by atoms with E-state index >= 15 is 0 Å². The van der Waals surface area contributed by atoms with E-state index in [1.807, 2.05) is 4.90 Å². The highest BCUT2D eigenvalue weighted by Crippen LogP contribution is 2.29. The van der Waals surface area contributed by atoms with Gasteiger partial charge in [0.05, 0.1) is 18.2 Å². The van der Waals surface area contributed by atoms with Crippen LogP contribution in [0, 0.1) is 17.1 Å². The third-order valence-corrected chi connectivity index (χ3v) is 5.64. The summed E-state index contributed by atoms with van der Waals surface area (Å²) in [5.74, 6) is 0.348. The maximum absolute atomic E-state index is 13.4. The third kappa shape index (κ3) is 4.00. The largest absolute Gasteiger partial charge is 0.473 e. The third-order valence-electron chi connectivity index (χ3n) is 5.05. The van der Waals surface area contributed by atoms with Crippen molar-refractivity contribution in [3.8, 4) is 11.9 Å². The number of nitriles is 1. The fraction of sp³-hybridized carbons (Fsp3) is 0.389. The Kier molecular flexibility index (Phi) is 5.31. The van der Waals surface area contributed by atoms with Gasteiger partial charge in [0.15, 0.2) is 11.1 Å². The van der Waals surface area contributed by atoms with Gasteiger partial charge in [-0.3, -0.25) is 9.47 Å². The van der Waals surface area contributed by atoms with Gasteiger partial charge in [-0.15, -0.1) is 0 Å². The molecule has 0 radical (unpaired) electrons. The molecule has 1 aromatic carbocycles. The molecule has 152 valence electrons. The van der Waals surface area contributed by atoms with Crippen molar-refractivity contribution in [2.24, 2.45) is 0 Å². The maximum atomic E-state index is 13.4. The van der Waals surface area contributed by atoms with Crippen LogP contribution in [-0.4, -0.2) is 54.8 Å². The van der Waals surface area contributed by atoms with Crippen LogP contribution in [0.15, 0.2) is 29.1 Å². The van der Waals surface area contributed by atoms with Gasteiger partial charge in [-0.05, 0) is 17.7 Å². The molecule has 2 unspecified atom stereocenters. The predicted molar refractivity (Wildman–Crippen MR) is 102 cm³/mol. The molecule has 0 amide bonds. The van der Waals surface area contributed by atoms with Gasteiger partial charge < -0.3 is 14.2 Å². The fourth-order valence-electron chi connectivity index (χ4n) is 3.72. The Hall–Kier alpha value is -2.81. The molecule has 1 N–H and O–H groups in total. The predicted octanol–water partition coefficient (Wildman–Crippen LogP) is 0.516. The van der Waals surface area contributed by atoms with E-state index in [0.29, 0.717) is 37.6 Å². The highest BCUT2D eigenvalue weighted by atomic mass is 32.2. The molecule has 9 nitrogen and oxygen atoms in total. The summed E-state index contributed by atoms with van der Waals surface area (Å²) in [5, 5.41) is 8.92. The number of nitrogens with zero attached hydrogens (tertiary/aromatic N) is 5.